The second-order valence-electron chi connectivity index (χ2n) is 5.92. The predicted octanol–water partition coefficient (Wildman–Crippen LogP) is 1.41. The minimum absolute atomic E-state index is 0.298. The van der Waals surface area contributed by atoms with E-state index in [1.807, 2.05) is 0 Å². The number of hydrogen-bond acceptors (Lipinski definition) is 5. The molecule has 0 radical (unpaired) electrons. The van der Waals surface area contributed by atoms with Crippen LogP contribution in [-0.2, 0) is 18.9 Å². The number of epoxide rings is 3. The summed E-state index contributed by atoms with van der Waals surface area (Å²) in [5.41, 5.74) is 1.44. The molecule has 4 rings (SSSR count). The summed E-state index contributed by atoms with van der Waals surface area (Å²) in [7, 11) is 0. The highest BCUT2D eigenvalue weighted by Crippen LogP contribution is 2.28. The van der Waals surface area contributed by atoms with Gasteiger partial charge in [-0.15, -0.1) is 0 Å². The van der Waals surface area contributed by atoms with E-state index in [2.05, 4.69) is 11.0 Å². The van der Waals surface area contributed by atoms with Crippen molar-refractivity contribution in [1.82, 2.24) is 4.90 Å². The molecule has 3 fully saturated rings. The first-order chi connectivity index (χ1) is 9.87. The van der Waals surface area contributed by atoms with Crippen LogP contribution in [0.1, 0.15) is 19.3 Å². The monoisotopic (exact) mass is 279 g/mol. The normalized spacial score (nSPS) is 36.1. The summed E-state index contributed by atoms with van der Waals surface area (Å²) in [4.78, 5) is 2.45. The Morgan fingerprint density at radius 3 is 2.45 bits per heavy atom. The van der Waals surface area contributed by atoms with Gasteiger partial charge in [-0.05, 0) is 12.8 Å². The maximum Gasteiger partial charge on any atom is 0.168 e. The third-order valence-corrected chi connectivity index (χ3v) is 4.10. The van der Waals surface area contributed by atoms with Crippen LogP contribution >= 0.6 is 0 Å². The Balaban J connectivity index is 1.32. The molecule has 0 N–H and O–H groups in total. The molecular weight excluding hydrogens is 258 g/mol. The lowest BCUT2D eigenvalue weighted by molar-refractivity contribution is 0.123. The number of hydrogen-bond donors (Lipinski definition) is 0. The fourth-order valence-electron chi connectivity index (χ4n) is 2.64. The lowest BCUT2D eigenvalue weighted by Gasteiger charge is -2.30. The van der Waals surface area contributed by atoms with Gasteiger partial charge >= 0.3 is 0 Å². The number of nitrogens with zero attached hydrogens (tertiary/aromatic N) is 1. The van der Waals surface area contributed by atoms with Crippen molar-refractivity contribution in [2.75, 3.05) is 32.9 Å². The molecule has 5 heteroatoms. The van der Waals surface area contributed by atoms with Gasteiger partial charge in [-0.2, -0.15) is 0 Å². The number of rotatable bonds is 7. The Morgan fingerprint density at radius 2 is 1.95 bits per heavy atom. The van der Waals surface area contributed by atoms with Crippen LogP contribution in [0.4, 0.5) is 0 Å². The molecule has 0 aromatic carbocycles. The van der Waals surface area contributed by atoms with Gasteiger partial charge in [0.05, 0.1) is 25.4 Å². The van der Waals surface area contributed by atoms with E-state index in [1.165, 1.54) is 5.70 Å². The zero-order chi connectivity index (χ0) is 13.4. The minimum Gasteiger partial charge on any atom is -0.494 e. The van der Waals surface area contributed by atoms with Crippen molar-refractivity contribution in [3.63, 3.8) is 0 Å². The van der Waals surface area contributed by atoms with Gasteiger partial charge in [0.2, 0.25) is 0 Å². The van der Waals surface area contributed by atoms with Crippen molar-refractivity contribution in [3.8, 4) is 0 Å². The van der Waals surface area contributed by atoms with Crippen LogP contribution in [0.3, 0.4) is 0 Å². The molecule has 0 aromatic rings. The lowest BCUT2D eigenvalue weighted by Crippen LogP contribution is -2.33. The van der Waals surface area contributed by atoms with Crippen LogP contribution in [-0.4, -0.2) is 56.1 Å². The average molecular weight is 279 g/mol. The summed E-state index contributed by atoms with van der Waals surface area (Å²) < 4.78 is 21.5. The van der Waals surface area contributed by atoms with Crippen LogP contribution < -0.4 is 0 Å². The van der Waals surface area contributed by atoms with Crippen molar-refractivity contribution >= 4 is 0 Å². The SMILES string of the molecule is C1=C(N(CC2CO2)CC2CO2)CCC(O/C=C2/CO2)C1. The molecule has 3 unspecified atom stereocenters. The van der Waals surface area contributed by atoms with Crippen LogP contribution in [0.25, 0.3) is 0 Å². The fraction of sp³-hybridized carbons (Fsp3) is 0.733. The molecule has 20 heavy (non-hydrogen) atoms. The van der Waals surface area contributed by atoms with Gasteiger partial charge in [-0.25, -0.2) is 0 Å². The molecule has 0 amide bonds. The Hall–Kier alpha value is -1.20. The first-order valence-electron chi connectivity index (χ1n) is 7.51. The Morgan fingerprint density at radius 1 is 1.25 bits per heavy atom. The molecule has 4 aliphatic rings. The highest BCUT2D eigenvalue weighted by molar-refractivity contribution is 5.09. The Kier molecular flexibility index (Phi) is 3.32. The molecule has 3 heterocycles. The second-order valence-corrected chi connectivity index (χ2v) is 5.92. The maximum absolute atomic E-state index is 5.72. The largest absolute Gasteiger partial charge is 0.494 e. The predicted molar refractivity (Wildman–Crippen MR) is 71.9 cm³/mol. The van der Waals surface area contributed by atoms with E-state index in [0.717, 1.165) is 57.9 Å². The summed E-state index contributed by atoms with van der Waals surface area (Å²) in [6.45, 7) is 4.58. The van der Waals surface area contributed by atoms with Gasteiger partial charge in [-0.1, -0.05) is 6.08 Å². The van der Waals surface area contributed by atoms with E-state index in [4.69, 9.17) is 18.9 Å². The highest BCUT2D eigenvalue weighted by atomic mass is 16.6. The van der Waals surface area contributed by atoms with Gasteiger partial charge < -0.3 is 23.8 Å². The van der Waals surface area contributed by atoms with Crippen molar-refractivity contribution in [1.29, 1.82) is 0 Å². The summed E-state index contributed by atoms with van der Waals surface area (Å²) in [6.07, 6.45) is 8.39. The fourth-order valence-corrected chi connectivity index (χ4v) is 2.64. The van der Waals surface area contributed by atoms with E-state index in [1.54, 1.807) is 6.26 Å². The summed E-state index contributed by atoms with van der Waals surface area (Å²) >= 11 is 0. The van der Waals surface area contributed by atoms with Gasteiger partial charge in [0.15, 0.2) is 5.76 Å². The van der Waals surface area contributed by atoms with Crippen molar-refractivity contribution in [3.05, 3.63) is 23.8 Å². The van der Waals surface area contributed by atoms with Crippen LogP contribution in [0.15, 0.2) is 23.8 Å². The number of ether oxygens (including phenoxy) is 4. The maximum atomic E-state index is 5.72. The molecule has 0 bridgehead atoms. The molecule has 3 atom stereocenters. The third kappa shape index (κ3) is 3.46. The Labute approximate surface area is 119 Å². The van der Waals surface area contributed by atoms with Crippen molar-refractivity contribution in [2.45, 2.75) is 37.6 Å². The smallest absolute Gasteiger partial charge is 0.168 e. The topological polar surface area (TPSA) is 50.1 Å². The molecule has 0 spiro atoms. The minimum atomic E-state index is 0.298. The highest BCUT2D eigenvalue weighted by Gasteiger charge is 2.32. The van der Waals surface area contributed by atoms with E-state index in [0.29, 0.717) is 18.3 Å². The van der Waals surface area contributed by atoms with Crippen LogP contribution in [0, 0.1) is 0 Å². The van der Waals surface area contributed by atoms with E-state index in [-0.39, 0.29) is 0 Å². The quantitative estimate of drug-likeness (QED) is 0.521. The van der Waals surface area contributed by atoms with Gasteiger partial charge in [0.25, 0.3) is 0 Å². The van der Waals surface area contributed by atoms with Gasteiger partial charge in [-0.3, -0.25) is 0 Å². The average Bonchev–Trinajstić information content (AvgIpc) is 3.32. The van der Waals surface area contributed by atoms with Crippen LogP contribution in [0.2, 0.25) is 0 Å². The zero-order valence-corrected chi connectivity index (χ0v) is 11.6. The molecule has 3 saturated heterocycles. The molecule has 5 nitrogen and oxygen atoms in total. The second kappa shape index (κ2) is 5.30. The molecular formula is C15H21NO4. The van der Waals surface area contributed by atoms with E-state index >= 15 is 0 Å². The number of allylic oxidation sites excluding steroid dienone is 1. The van der Waals surface area contributed by atoms with Gasteiger partial charge in [0.1, 0.15) is 19.0 Å². The third-order valence-electron chi connectivity index (χ3n) is 4.10. The van der Waals surface area contributed by atoms with E-state index in [9.17, 15) is 0 Å². The molecule has 0 saturated carbocycles. The van der Waals surface area contributed by atoms with Crippen molar-refractivity contribution in [2.24, 2.45) is 0 Å². The first-order valence-corrected chi connectivity index (χ1v) is 7.51. The van der Waals surface area contributed by atoms with Crippen LogP contribution in [0.5, 0.6) is 0 Å². The molecule has 3 aliphatic heterocycles. The summed E-state index contributed by atoms with van der Waals surface area (Å²) in [5, 5.41) is 0. The first kappa shape index (κ1) is 12.5. The summed E-state index contributed by atoms with van der Waals surface area (Å²) in [5.74, 6) is 0.971. The molecule has 1 aliphatic carbocycles. The van der Waals surface area contributed by atoms with Gasteiger partial charge in [0, 0.05) is 25.2 Å². The zero-order valence-electron chi connectivity index (χ0n) is 11.6. The summed E-state index contributed by atoms with van der Waals surface area (Å²) in [6, 6.07) is 0. The molecule has 0 aromatic heterocycles. The molecule has 110 valence electrons. The van der Waals surface area contributed by atoms with Crippen molar-refractivity contribution < 1.29 is 18.9 Å². The standard InChI is InChI=1S/C15H21NO4/c1-3-12(17-9-15-10-20-15)4-2-11(1)16(5-13-7-18-13)6-14-8-19-14/h1,9,12-14H,2-8,10H2/b15-9-. The van der Waals surface area contributed by atoms with E-state index < -0.39 is 0 Å². The lowest BCUT2D eigenvalue weighted by atomic mass is 10.0. The Bertz CT molecular complexity index is 406.